The highest BCUT2D eigenvalue weighted by Crippen LogP contribution is 2.12. The number of hydrogen-bond donors (Lipinski definition) is 1. The standard InChI is InChI=1S/C16H23N3O/c1-2-3-4-6-14-8-10-16(11-9-14)19-13-15(17-18-19)7-5-12-20/h8-11,13,20H,2-7,12H2,1H3. The second kappa shape index (κ2) is 7.80. The zero-order valence-electron chi connectivity index (χ0n) is 12.1. The lowest BCUT2D eigenvalue weighted by molar-refractivity contribution is 0.288. The van der Waals surface area contributed by atoms with Gasteiger partial charge in [-0.15, -0.1) is 5.10 Å². The monoisotopic (exact) mass is 273 g/mol. The van der Waals surface area contributed by atoms with Gasteiger partial charge < -0.3 is 5.11 Å². The molecule has 0 aliphatic rings. The van der Waals surface area contributed by atoms with Crippen LogP contribution in [-0.4, -0.2) is 26.7 Å². The predicted molar refractivity (Wildman–Crippen MR) is 80.0 cm³/mol. The molecular formula is C16H23N3O. The first kappa shape index (κ1) is 14.7. The molecule has 1 heterocycles. The smallest absolute Gasteiger partial charge is 0.0832 e. The van der Waals surface area contributed by atoms with Gasteiger partial charge in [0.05, 0.1) is 17.6 Å². The number of aryl methyl sites for hydroxylation is 2. The molecule has 0 spiro atoms. The highest BCUT2D eigenvalue weighted by Gasteiger charge is 2.03. The lowest BCUT2D eigenvalue weighted by atomic mass is 10.1. The Bertz CT molecular complexity index is 505. The average molecular weight is 273 g/mol. The van der Waals surface area contributed by atoms with Gasteiger partial charge in [0, 0.05) is 6.61 Å². The molecule has 1 aromatic heterocycles. The summed E-state index contributed by atoms with van der Waals surface area (Å²) in [5, 5.41) is 17.1. The number of unbranched alkanes of at least 4 members (excludes halogenated alkanes) is 2. The van der Waals surface area contributed by atoms with E-state index in [1.54, 1.807) is 4.68 Å². The van der Waals surface area contributed by atoms with E-state index >= 15 is 0 Å². The van der Waals surface area contributed by atoms with Gasteiger partial charge >= 0.3 is 0 Å². The maximum atomic E-state index is 8.82. The molecule has 0 aliphatic heterocycles. The molecule has 0 bridgehead atoms. The van der Waals surface area contributed by atoms with Crippen molar-refractivity contribution in [3.63, 3.8) is 0 Å². The summed E-state index contributed by atoms with van der Waals surface area (Å²) in [6.07, 6.45) is 8.38. The summed E-state index contributed by atoms with van der Waals surface area (Å²) in [4.78, 5) is 0. The second-order valence-electron chi connectivity index (χ2n) is 5.11. The van der Waals surface area contributed by atoms with E-state index in [-0.39, 0.29) is 6.61 Å². The summed E-state index contributed by atoms with van der Waals surface area (Å²) in [5.41, 5.74) is 3.33. The molecule has 20 heavy (non-hydrogen) atoms. The maximum Gasteiger partial charge on any atom is 0.0832 e. The van der Waals surface area contributed by atoms with Crippen molar-refractivity contribution < 1.29 is 5.11 Å². The lowest BCUT2D eigenvalue weighted by Crippen LogP contribution is -1.95. The van der Waals surface area contributed by atoms with Crippen LogP contribution in [0.15, 0.2) is 30.5 Å². The van der Waals surface area contributed by atoms with E-state index in [2.05, 4.69) is 41.5 Å². The van der Waals surface area contributed by atoms with Crippen molar-refractivity contribution in [2.45, 2.75) is 45.4 Å². The summed E-state index contributed by atoms with van der Waals surface area (Å²) in [6.45, 7) is 2.42. The summed E-state index contributed by atoms with van der Waals surface area (Å²) in [6, 6.07) is 8.51. The molecule has 0 fully saturated rings. The molecule has 108 valence electrons. The van der Waals surface area contributed by atoms with E-state index in [0.29, 0.717) is 0 Å². The molecule has 0 atom stereocenters. The molecule has 2 rings (SSSR count). The first-order valence-electron chi connectivity index (χ1n) is 7.45. The molecule has 1 N–H and O–H groups in total. The topological polar surface area (TPSA) is 50.9 Å². The highest BCUT2D eigenvalue weighted by molar-refractivity contribution is 5.33. The van der Waals surface area contributed by atoms with E-state index in [9.17, 15) is 0 Å². The minimum Gasteiger partial charge on any atom is -0.396 e. The number of hydrogen-bond acceptors (Lipinski definition) is 3. The Hall–Kier alpha value is -1.68. The van der Waals surface area contributed by atoms with Gasteiger partial charge in [0.25, 0.3) is 0 Å². The molecule has 0 saturated carbocycles. The third-order valence-corrected chi connectivity index (χ3v) is 3.40. The molecule has 0 amide bonds. The van der Waals surface area contributed by atoms with Gasteiger partial charge in [-0.1, -0.05) is 37.1 Å². The molecule has 2 aromatic rings. The van der Waals surface area contributed by atoms with E-state index in [4.69, 9.17) is 5.11 Å². The van der Waals surface area contributed by atoms with Crippen molar-refractivity contribution in [1.29, 1.82) is 0 Å². The van der Waals surface area contributed by atoms with Crippen molar-refractivity contribution in [2.24, 2.45) is 0 Å². The zero-order valence-corrected chi connectivity index (χ0v) is 12.1. The Morgan fingerprint density at radius 3 is 2.55 bits per heavy atom. The van der Waals surface area contributed by atoms with Crippen molar-refractivity contribution in [3.05, 3.63) is 41.7 Å². The van der Waals surface area contributed by atoms with Gasteiger partial charge in [-0.25, -0.2) is 4.68 Å². The van der Waals surface area contributed by atoms with E-state index in [0.717, 1.165) is 30.6 Å². The van der Waals surface area contributed by atoms with Gasteiger partial charge in [-0.05, 0) is 43.4 Å². The van der Waals surface area contributed by atoms with E-state index in [1.165, 1.54) is 24.8 Å². The molecule has 0 saturated heterocycles. The number of aromatic nitrogens is 3. The largest absolute Gasteiger partial charge is 0.396 e. The van der Waals surface area contributed by atoms with Gasteiger partial charge in [0.2, 0.25) is 0 Å². The number of nitrogens with zero attached hydrogens (tertiary/aromatic N) is 3. The van der Waals surface area contributed by atoms with Crippen LogP contribution in [0.1, 0.15) is 43.9 Å². The fraction of sp³-hybridized carbons (Fsp3) is 0.500. The third-order valence-electron chi connectivity index (χ3n) is 3.40. The van der Waals surface area contributed by atoms with Gasteiger partial charge in [-0.3, -0.25) is 0 Å². The molecule has 4 heteroatoms. The van der Waals surface area contributed by atoms with Crippen molar-refractivity contribution in [3.8, 4) is 5.69 Å². The molecule has 0 unspecified atom stereocenters. The van der Waals surface area contributed by atoms with Gasteiger partial charge in [0.1, 0.15) is 0 Å². The lowest BCUT2D eigenvalue weighted by Gasteiger charge is -2.03. The maximum absolute atomic E-state index is 8.82. The third kappa shape index (κ3) is 4.17. The van der Waals surface area contributed by atoms with E-state index in [1.807, 2.05) is 6.20 Å². The average Bonchev–Trinajstić information content (AvgIpc) is 2.95. The minimum absolute atomic E-state index is 0.194. The Balaban J connectivity index is 1.96. The first-order chi connectivity index (χ1) is 9.83. The molecule has 0 radical (unpaired) electrons. The van der Waals surface area contributed by atoms with Crippen molar-refractivity contribution in [1.82, 2.24) is 15.0 Å². The normalized spacial score (nSPS) is 10.9. The Morgan fingerprint density at radius 2 is 1.85 bits per heavy atom. The molecule has 0 aliphatic carbocycles. The molecule has 4 nitrogen and oxygen atoms in total. The number of benzene rings is 1. The van der Waals surface area contributed by atoms with Crippen LogP contribution in [0, 0.1) is 0 Å². The van der Waals surface area contributed by atoms with Crippen LogP contribution in [0.25, 0.3) is 5.69 Å². The van der Waals surface area contributed by atoms with Crippen LogP contribution in [0.2, 0.25) is 0 Å². The number of aliphatic hydroxyl groups excluding tert-OH is 1. The number of aliphatic hydroxyl groups is 1. The summed E-state index contributed by atoms with van der Waals surface area (Å²) in [7, 11) is 0. The quantitative estimate of drug-likeness (QED) is 0.752. The SMILES string of the molecule is CCCCCc1ccc(-n2cc(CCCO)nn2)cc1. The zero-order chi connectivity index (χ0) is 14.2. The van der Waals surface area contributed by atoms with Crippen molar-refractivity contribution in [2.75, 3.05) is 6.61 Å². The molecule has 1 aromatic carbocycles. The Kier molecular flexibility index (Phi) is 5.74. The van der Waals surface area contributed by atoms with Crippen LogP contribution < -0.4 is 0 Å². The van der Waals surface area contributed by atoms with E-state index < -0.39 is 0 Å². The van der Waals surface area contributed by atoms with Crippen LogP contribution in [0.3, 0.4) is 0 Å². The van der Waals surface area contributed by atoms with Crippen LogP contribution in [0.5, 0.6) is 0 Å². The Labute approximate surface area is 120 Å². The highest BCUT2D eigenvalue weighted by atomic mass is 16.2. The Morgan fingerprint density at radius 1 is 1.05 bits per heavy atom. The summed E-state index contributed by atoms with van der Waals surface area (Å²) < 4.78 is 1.79. The van der Waals surface area contributed by atoms with Crippen LogP contribution >= 0.6 is 0 Å². The fourth-order valence-corrected chi connectivity index (χ4v) is 2.19. The number of rotatable bonds is 8. The van der Waals surface area contributed by atoms with Gasteiger partial charge in [-0.2, -0.15) is 0 Å². The predicted octanol–water partition coefficient (Wildman–Crippen LogP) is 2.92. The minimum atomic E-state index is 0.194. The van der Waals surface area contributed by atoms with Crippen LogP contribution in [-0.2, 0) is 12.8 Å². The molecular weight excluding hydrogens is 250 g/mol. The fourth-order valence-electron chi connectivity index (χ4n) is 2.19. The summed E-state index contributed by atoms with van der Waals surface area (Å²) >= 11 is 0. The summed E-state index contributed by atoms with van der Waals surface area (Å²) in [5.74, 6) is 0. The first-order valence-corrected chi connectivity index (χ1v) is 7.45. The van der Waals surface area contributed by atoms with Crippen molar-refractivity contribution >= 4 is 0 Å². The second-order valence-corrected chi connectivity index (χ2v) is 5.11. The van der Waals surface area contributed by atoms with Gasteiger partial charge in [0.15, 0.2) is 0 Å². The van der Waals surface area contributed by atoms with Crippen LogP contribution in [0.4, 0.5) is 0 Å².